The van der Waals surface area contributed by atoms with E-state index in [1.807, 2.05) is 19.1 Å². The molecule has 4 unspecified atom stereocenters. The number of carbonyl (C=O) groups is 2. The first-order valence-corrected chi connectivity index (χ1v) is 8.22. The van der Waals surface area contributed by atoms with Crippen LogP contribution in [0.15, 0.2) is 24.3 Å². The fourth-order valence-corrected chi connectivity index (χ4v) is 3.16. The molecular formula is C17H22ClNO4. The molecule has 1 aromatic rings. The van der Waals surface area contributed by atoms with Crippen molar-refractivity contribution in [2.45, 2.75) is 32.9 Å². The fraction of sp³-hybridized carbons (Fsp3) is 0.529. The van der Waals surface area contributed by atoms with E-state index in [9.17, 15) is 9.59 Å². The summed E-state index contributed by atoms with van der Waals surface area (Å²) < 4.78 is 10.3. The van der Waals surface area contributed by atoms with Crippen molar-refractivity contribution >= 4 is 23.5 Å². The van der Waals surface area contributed by atoms with Crippen LogP contribution in [0.25, 0.3) is 0 Å². The highest BCUT2D eigenvalue weighted by atomic mass is 35.5. The van der Waals surface area contributed by atoms with Gasteiger partial charge in [0.2, 0.25) is 0 Å². The first-order valence-electron chi connectivity index (χ1n) is 7.84. The van der Waals surface area contributed by atoms with Crippen molar-refractivity contribution in [2.75, 3.05) is 13.2 Å². The van der Waals surface area contributed by atoms with Crippen molar-refractivity contribution in [2.24, 2.45) is 11.8 Å². The maximum absolute atomic E-state index is 12.4. The van der Waals surface area contributed by atoms with E-state index in [4.69, 9.17) is 21.1 Å². The van der Waals surface area contributed by atoms with Crippen molar-refractivity contribution in [3.8, 4) is 0 Å². The maximum atomic E-state index is 12.4. The first-order chi connectivity index (χ1) is 11.0. The van der Waals surface area contributed by atoms with Crippen LogP contribution in [0, 0.1) is 11.8 Å². The Bertz CT molecular complexity index is 560. The molecule has 23 heavy (non-hydrogen) atoms. The minimum Gasteiger partial charge on any atom is -0.466 e. The van der Waals surface area contributed by atoms with Crippen LogP contribution in [-0.4, -0.2) is 31.2 Å². The summed E-state index contributed by atoms with van der Waals surface area (Å²) in [5.74, 6) is -1.33. The first kappa shape index (κ1) is 17.8. The van der Waals surface area contributed by atoms with E-state index in [-0.39, 0.29) is 23.9 Å². The zero-order valence-electron chi connectivity index (χ0n) is 13.5. The molecule has 1 N–H and O–H groups in total. The summed E-state index contributed by atoms with van der Waals surface area (Å²) in [6, 6.07) is 6.39. The number of ether oxygens (including phenoxy) is 2. The van der Waals surface area contributed by atoms with Gasteiger partial charge in [-0.15, -0.1) is 0 Å². The van der Waals surface area contributed by atoms with Gasteiger partial charge in [0.15, 0.2) is 0 Å². The van der Waals surface area contributed by atoms with Gasteiger partial charge in [0.25, 0.3) is 0 Å². The topological polar surface area (TPSA) is 64.6 Å². The zero-order chi connectivity index (χ0) is 17.0. The van der Waals surface area contributed by atoms with Crippen molar-refractivity contribution < 1.29 is 19.1 Å². The fourth-order valence-electron chi connectivity index (χ4n) is 3.04. The van der Waals surface area contributed by atoms with Crippen molar-refractivity contribution in [3.05, 3.63) is 34.9 Å². The van der Waals surface area contributed by atoms with Crippen LogP contribution in [0.2, 0.25) is 5.02 Å². The molecule has 0 radical (unpaired) electrons. The van der Waals surface area contributed by atoms with Gasteiger partial charge in [-0.3, -0.25) is 14.9 Å². The Balaban J connectivity index is 2.30. The summed E-state index contributed by atoms with van der Waals surface area (Å²) in [4.78, 5) is 24.5. The number of esters is 2. The number of hydrogen-bond acceptors (Lipinski definition) is 5. The smallest absolute Gasteiger partial charge is 0.323 e. The van der Waals surface area contributed by atoms with Gasteiger partial charge in [-0.2, -0.15) is 0 Å². The lowest BCUT2D eigenvalue weighted by Gasteiger charge is -2.20. The van der Waals surface area contributed by atoms with Crippen LogP contribution >= 0.6 is 11.6 Å². The van der Waals surface area contributed by atoms with Gasteiger partial charge in [0.1, 0.15) is 6.04 Å². The molecule has 0 spiro atoms. The molecule has 6 heteroatoms. The van der Waals surface area contributed by atoms with Crippen molar-refractivity contribution in [1.29, 1.82) is 0 Å². The van der Waals surface area contributed by atoms with Gasteiger partial charge in [-0.05, 0) is 37.5 Å². The Morgan fingerprint density at radius 3 is 2.22 bits per heavy atom. The highest BCUT2D eigenvalue weighted by molar-refractivity contribution is 6.30. The van der Waals surface area contributed by atoms with E-state index in [1.165, 1.54) is 0 Å². The molecule has 0 aromatic heterocycles. The molecule has 1 saturated heterocycles. The van der Waals surface area contributed by atoms with Crippen LogP contribution < -0.4 is 5.32 Å². The van der Waals surface area contributed by atoms with E-state index in [2.05, 4.69) is 5.32 Å². The Morgan fingerprint density at radius 1 is 1.09 bits per heavy atom. The third kappa shape index (κ3) is 3.85. The van der Waals surface area contributed by atoms with Crippen molar-refractivity contribution in [3.63, 3.8) is 0 Å². The molecule has 0 aliphatic carbocycles. The van der Waals surface area contributed by atoms with Crippen LogP contribution in [-0.2, 0) is 19.1 Å². The molecule has 0 bridgehead atoms. The lowest BCUT2D eigenvalue weighted by Crippen LogP contribution is -2.37. The van der Waals surface area contributed by atoms with E-state index in [1.54, 1.807) is 26.0 Å². The van der Waals surface area contributed by atoms with E-state index >= 15 is 0 Å². The summed E-state index contributed by atoms with van der Waals surface area (Å²) in [6.07, 6.45) is 0. The SMILES string of the molecule is CCOC(=O)C1NC(c2ccc(Cl)cc2)C(C(=O)OCC)C1C. The predicted molar refractivity (Wildman–Crippen MR) is 87.0 cm³/mol. The molecule has 1 fully saturated rings. The minimum atomic E-state index is -0.537. The standard InChI is InChI=1S/C17H22ClNO4/c1-4-22-16(20)13-10(3)14(17(21)23-5-2)19-15(13)11-6-8-12(18)9-7-11/h6-10,13-15,19H,4-5H2,1-3H3. The molecule has 0 amide bonds. The highest BCUT2D eigenvalue weighted by Crippen LogP contribution is 2.38. The minimum absolute atomic E-state index is 0.228. The van der Waals surface area contributed by atoms with Crippen LogP contribution in [0.3, 0.4) is 0 Å². The van der Waals surface area contributed by atoms with Gasteiger partial charge in [-0.1, -0.05) is 30.7 Å². The Labute approximate surface area is 141 Å². The second-order valence-corrected chi connectivity index (χ2v) is 6.00. The molecular weight excluding hydrogens is 318 g/mol. The summed E-state index contributed by atoms with van der Waals surface area (Å²) in [5.41, 5.74) is 0.895. The Morgan fingerprint density at radius 2 is 1.65 bits per heavy atom. The normalized spacial score (nSPS) is 26.8. The molecule has 1 heterocycles. The second kappa shape index (κ2) is 7.79. The molecule has 1 aliphatic rings. The summed E-state index contributed by atoms with van der Waals surface area (Å²) in [7, 11) is 0. The van der Waals surface area contributed by atoms with Gasteiger partial charge in [-0.25, -0.2) is 0 Å². The predicted octanol–water partition coefficient (Wildman–Crippen LogP) is 2.73. The number of hydrogen-bond donors (Lipinski definition) is 1. The van der Waals surface area contributed by atoms with Gasteiger partial charge in [0.05, 0.1) is 19.1 Å². The number of benzene rings is 1. The van der Waals surface area contributed by atoms with E-state index in [0.717, 1.165) is 5.56 Å². The third-order valence-corrected chi connectivity index (χ3v) is 4.39. The molecule has 1 aliphatic heterocycles. The number of carbonyl (C=O) groups excluding carboxylic acids is 2. The molecule has 0 saturated carbocycles. The van der Waals surface area contributed by atoms with Crippen molar-refractivity contribution in [1.82, 2.24) is 5.32 Å². The van der Waals surface area contributed by atoms with E-state index in [0.29, 0.717) is 18.2 Å². The Kier molecular flexibility index (Phi) is 6.02. The number of rotatable bonds is 5. The monoisotopic (exact) mass is 339 g/mol. The third-order valence-electron chi connectivity index (χ3n) is 4.14. The molecule has 4 atom stereocenters. The van der Waals surface area contributed by atoms with Gasteiger partial charge < -0.3 is 9.47 Å². The van der Waals surface area contributed by atoms with Gasteiger partial charge in [0, 0.05) is 11.1 Å². The molecule has 126 valence electrons. The quantitative estimate of drug-likeness (QED) is 0.836. The number of nitrogens with one attached hydrogen (secondary N) is 1. The van der Waals surface area contributed by atoms with Crippen LogP contribution in [0.1, 0.15) is 32.4 Å². The molecule has 2 rings (SSSR count). The lowest BCUT2D eigenvalue weighted by atomic mass is 9.85. The van der Waals surface area contributed by atoms with Crippen LogP contribution in [0.4, 0.5) is 0 Å². The second-order valence-electron chi connectivity index (χ2n) is 5.56. The summed E-state index contributed by atoms with van der Waals surface area (Å²) in [5, 5.41) is 3.85. The average molecular weight is 340 g/mol. The maximum Gasteiger partial charge on any atom is 0.323 e. The largest absolute Gasteiger partial charge is 0.466 e. The zero-order valence-corrected chi connectivity index (χ0v) is 14.3. The summed E-state index contributed by atoms with van der Waals surface area (Å²) in [6.45, 7) is 6.01. The lowest BCUT2D eigenvalue weighted by molar-refractivity contribution is -0.150. The van der Waals surface area contributed by atoms with E-state index < -0.39 is 12.0 Å². The average Bonchev–Trinajstić information content (AvgIpc) is 2.86. The highest BCUT2D eigenvalue weighted by Gasteiger charge is 2.49. The van der Waals surface area contributed by atoms with Crippen LogP contribution in [0.5, 0.6) is 0 Å². The van der Waals surface area contributed by atoms with Gasteiger partial charge >= 0.3 is 11.9 Å². The summed E-state index contributed by atoms with van der Waals surface area (Å²) >= 11 is 5.93. The Hall–Kier alpha value is -1.59. The number of halogens is 1. The molecule has 1 aromatic carbocycles. The molecule has 5 nitrogen and oxygen atoms in total.